The van der Waals surface area contributed by atoms with Crippen LogP contribution < -0.4 is 14.8 Å². The summed E-state index contributed by atoms with van der Waals surface area (Å²) in [5.41, 5.74) is 0.595. The van der Waals surface area contributed by atoms with E-state index in [2.05, 4.69) is 10.2 Å². The Bertz CT molecular complexity index is 491. The lowest BCUT2D eigenvalue weighted by Crippen LogP contribution is -2.26. The van der Waals surface area contributed by atoms with Crippen LogP contribution in [0.5, 0.6) is 11.5 Å². The lowest BCUT2D eigenvalue weighted by molar-refractivity contribution is 0.0952. The third kappa shape index (κ3) is 5.92. The molecule has 130 valence electrons. The fraction of sp³-hybridized carbons (Fsp3) is 0.588. The first kappa shape index (κ1) is 19.6. The first-order valence-corrected chi connectivity index (χ1v) is 7.97. The van der Waals surface area contributed by atoms with Crippen LogP contribution in [0.25, 0.3) is 0 Å². The molecular weight excluding hydrogens is 316 g/mol. The number of halogens is 1. The number of nitrogens with zero attached hydrogens (tertiary/aromatic N) is 1. The monoisotopic (exact) mass is 342 g/mol. The van der Waals surface area contributed by atoms with Gasteiger partial charge in [-0.3, -0.25) is 4.79 Å². The van der Waals surface area contributed by atoms with Gasteiger partial charge < -0.3 is 19.7 Å². The van der Waals surface area contributed by atoms with Crippen LogP contribution in [0.2, 0.25) is 0 Å². The average molecular weight is 343 g/mol. The van der Waals surface area contributed by atoms with E-state index in [-0.39, 0.29) is 18.3 Å². The van der Waals surface area contributed by atoms with Gasteiger partial charge in [0, 0.05) is 12.1 Å². The molecule has 0 unspecified atom stereocenters. The minimum absolute atomic E-state index is 0. The highest BCUT2D eigenvalue weighted by Crippen LogP contribution is 2.27. The molecule has 1 heterocycles. The molecule has 1 amide bonds. The highest BCUT2D eigenvalue weighted by Gasteiger charge is 2.11. The molecule has 1 aromatic rings. The zero-order chi connectivity index (χ0) is 15.8. The van der Waals surface area contributed by atoms with Crippen molar-refractivity contribution in [2.24, 2.45) is 0 Å². The van der Waals surface area contributed by atoms with Crippen molar-refractivity contribution < 1.29 is 14.3 Å². The Morgan fingerprint density at radius 3 is 2.48 bits per heavy atom. The van der Waals surface area contributed by atoms with Crippen LogP contribution in [0.3, 0.4) is 0 Å². The van der Waals surface area contributed by atoms with E-state index >= 15 is 0 Å². The highest BCUT2D eigenvalue weighted by atomic mass is 35.5. The van der Waals surface area contributed by atoms with Gasteiger partial charge in [0.2, 0.25) is 0 Å². The zero-order valence-corrected chi connectivity index (χ0v) is 14.8. The topological polar surface area (TPSA) is 50.8 Å². The summed E-state index contributed by atoms with van der Waals surface area (Å²) in [6.07, 6.45) is 4.80. The molecule has 1 saturated heterocycles. The lowest BCUT2D eigenvalue weighted by Gasteiger charge is -2.14. The van der Waals surface area contributed by atoms with Crippen molar-refractivity contribution in [3.63, 3.8) is 0 Å². The largest absolute Gasteiger partial charge is 0.493 e. The summed E-state index contributed by atoms with van der Waals surface area (Å²) in [6.45, 7) is 4.32. The molecule has 5 nitrogen and oxygen atoms in total. The number of carbonyl (C=O) groups excluding carboxylic acids is 1. The molecule has 0 radical (unpaired) electrons. The third-order valence-electron chi connectivity index (χ3n) is 4.03. The van der Waals surface area contributed by atoms with Gasteiger partial charge in [0.1, 0.15) is 0 Å². The third-order valence-corrected chi connectivity index (χ3v) is 4.03. The van der Waals surface area contributed by atoms with Crippen molar-refractivity contribution in [2.75, 3.05) is 40.4 Å². The summed E-state index contributed by atoms with van der Waals surface area (Å²) < 4.78 is 10.4. The van der Waals surface area contributed by atoms with Gasteiger partial charge >= 0.3 is 0 Å². The minimum Gasteiger partial charge on any atom is -0.493 e. The Morgan fingerprint density at radius 1 is 1.13 bits per heavy atom. The quantitative estimate of drug-likeness (QED) is 0.738. The summed E-state index contributed by atoms with van der Waals surface area (Å²) in [4.78, 5) is 14.6. The van der Waals surface area contributed by atoms with Crippen molar-refractivity contribution >= 4 is 18.3 Å². The standard InChI is InChI=1S/C17H26N2O3.ClH/c1-21-15-8-7-14(13-16(15)22-2)17(20)18-9-3-4-10-19-11-5-6-12-19;/h7-8,13H,3-6,9-12H2,1-2H3,(H,18,20);1H. The van der Waals surface area contributed by atoms with Crippen molar-refractivity contribution in [1.82, 2.24) is 10.2 Å². The summed E-state index contributed by atoms with van der Waals surface area (Å²) in [6, 6.07) is 5.21. The normalized spacial score (nSPS) is 14.2. The van der Waals surface area contributed by atoms with Gasteiger partial charge in [0.05, 0.1) is 14.2 Å². The van der Waals surface area contributed by atoms with Crippen LogP contribution >= 0.6 is 12.4 Å². The maximum absolute atomic E-state index is 12.1. The molecule has 0 spiro atoms. The van der Waals surface area contributed by atoms with E-state index in [1.807, 2.05) is 0 Å². The van der Waals surface area contributed by atoms with E-state index < -0.39 is 0 Å². The number of hydrogen-bond donors (Lipinski definition) is 1. The lowest BCUT2D eigenvalue weighted by atomic mass is 10.2. The van der Waals surface area contributed by atoms with Crippen LogP contribution in [-0.4, -0.2) is 51.2 Å². The molecule has 0 atom stereocenters. The second kappa shape index (κ2) is 10.3. The molecular formula is C17H27ClN2O3. The number of carbonyl (C=O) groups is 1. The second-order valence-corrected chi connectivity index (χ2v) is 5.58. The van der Waals surface area contributed by atoms with Gasteiger partial charge in [-0.2, -0.15) is 0 Å². The van der Waals surface area contributed by atoms with Crippen LogP contribution in [0, 0.1) is 0 Å². The number of methoxy groups -OCH3 is 2. The SMILES string of the molecule is COc1ccc(C(=O)NCCCCN2CCCC2)cc1OC.Cl. The predicted octanol–water partition coefficient (Wildman–Crippen LogP) is 2.73. The van der Waals surface area contributed by atoms with Gasteiger partial charge in [-0.1, -0.05) is 0 Å². The minimum atomic E-state index is -0.0675. The van der Waals surface area contributed by atoms with E-state index in [0.29, 0.717) is 23.6 Å². The van der Waals surface area contributed by atoms with Crippen LogP contribution in [0.1, 0.15) is 36.0 Å². The molecule has 0 saturated carbocycles. The summed E-state index contributed by atoms with van der Waals surface area (Å²) in [5, 5.41) is 2.96. The molecule has 1 fully saturated rings. The summed E-state index contributed by atoms with van der Waals surface area (Å²) >= 11 is 0. The van der Waals surface area contributed by atoms with Crippen molar-refractivity contribution in [2.45, 2.75) is 25.7 Å². The summed E-state index contributed by atoms with van der Waals surface area (Å²) in [5.74, 6) is 1.14. The van der Waals surface area contributed by atoms with E-state index in [1.54, 1.807) is 32.4 Å². The predicted molar refractivity (Wildman–Crippen MR) is 94.0 cm³/mol. The molecule has 1 aromatic carbocycles. The molecule has 2 rings (SSSR count). The fourth-order valence-corrected chi connectivity index (χ4v) is 2.75. The number of nitrogens with one attached hydrogen (secondary N) is 1. The second-order valence-electron chi connectivity index (χ2n) is 5.58. The maximum Gasteiger partial charge on any atom is 0.251 e. The van der Waals surface area contributed by atoms with Crippen molar-refractivity contribution in [3.05, 3.63) is 23.8 Å². The van der Waals surface area contributed by atoms with Crippen molar-refractivity contribution in [1.29, 1.82) is 0 Å². The van der Waals surface area contributed by atoms with Crippen molar-refractivity contribution in [3.8, 4) is 11.5 Å². The number of rotatable bonds is 8. The Labute approximate surface area is 144 Å². The molecule has 0 aliphatic carbocycles. The number of likely N-dealkylation sites (tertiary alicyclic amines) is 1. The van der Waals surface area contributed by atoms with E-state index in [4.69, 9.17) is 9.47 Å². The molecule has 0 aromatic heterocycles. The Balaban J connectivity index is 0.00000264. The number of benzene rings is 1. The molecule has 6 heteroatoms. The number of amides is 1. The van der Waals surface area contributed by atoms with Crippen LogP contribution in [0.15, 0.2) is 18.2 Å². The highest BCUT2D eigenvalue weighted by molar-refractivity contribution is 5.94. The van der Waals surface area contributed by atoms with E-state index in [1.165, 1.54) is 25.9 Å². The summed E-state index contributed by atoms with van der Waals surface area (Å²) in [7, 11) is 3.15. The van der Waals surface area contributed by atoms with Gasteiger partial charge in [-0.05, 0) is 63.5 Å². The van der Waals surface area contributed by atoms with Gasteiger partial charge in [-0.25, -0.2) is 0 Å². The molecule has 1 N–H and O–H groups in total. The molecule has 0 bridgehead atoms. The fourth-order valence-electron chi connectivity index (χ4n) is 2.75. The molecule has 23 heavy (non-hydrogen) atoms. The first-order chi connectivity index (χ1) is 10.7. The van der Waals surface area contributed by atoms with E-state index in [0.717, 1.165) is 19.4 Å². The number of ether oxygens (including phenoxy) is 2. The smallest absolute Gasteiger partial charge is 0.251 e. The Hall–Kier alpha value is -1.46. The first-order valence-electron chi connectivity index (χ1n) is 7.97. The number of unbranched alkanes of at least 4 members (excludes halogenated alkanes) is 1. The van der Waals surface area contributed by atoms with Crippen LogP contribution in [0.4, 0.5) is 0 Å². The Kier molecular flexibility index (Phi) is 8.81. The van der Waals surface area contributed by atoms with Gasteiger partial charge in [0.15, 0.2) is 11.5 Å². The maximum atomic E-state index is 12.1. The Morgan fingerprint density at radius 2 is 1.83 bits per heavy atom. The number of hydrogen-bond acceptors (Lipinski definition) is 4. The van der Waals surface area contributed by atoms with Gasteiger partial charge in [0.25, 0.3) is 5.91 Å². The van der Waals surface area contributed by atoms with E-state index in [9.17, 15) is 4.79 Å². The molecule has 1 aliphatic rings. The zero-order valence-electron chi connectivity index (χ0n) is 14.0. The average Bonchev–Trinajstić information content (AvgIpc) is 3.07. The molecule has 1 aliphatic heterocycles. The van der Waals surface area contributed by atoms with Crippen LogP contribution in [-0.2, 0) is 0 Å². The van der Waals surface area contributed by atoms with Gasteiger partial charge in [-0.15, -0.1) is 12.4 Å².